The molecule has 5 atom stereocenters. The van der Waals surface area contributed by atoms with Crippen LogP contribution in [0.3, 0.4) is 0 Å². The van der Waals surface area contributed by atoms with Gasteiger partial charge in [0.05, 0.1) is 27.2 Å². The highest BCUT2D eigenvalue weighted by Gasteiger charge is 2.46. The van der Waals surface area contributed by atoms with E-state index in [1.165, 1.54) is 29.8 Å². The third-order valence-corrected chi connectivity index (χ3v) is 15.3. The van der Waals surface area contributed by atoms with Crippen molar-refractivity contribution in [3.8, 4) is 44.7 Å². The predicted molar refractivity (Wildman–Crippen MR) is 250 cm³/mol. The van der Waals surface area contributed by atoms with Gasteiger partial charge in [-0.1, -0.05) is 35.3 Å². The van der Waals surface area contributed by atoms with E-state index in [0.717, 1.165) is 32.6 Å². The van der Waals surface area contributed by atoms with Crippen LogP contribution in [0.15, 0.2) is 61.1 Å². The zero-order valence-electron chi connectivity index (χ0n) is 36.5. The van der Waals surface area contributed by atoms with Gasteiger partial charge < -0.3 is 39.0 Å². The summed E-state index contributed by atoms with van der Waals surface area (Å²) < 4.78 is 40.6. The van der Waals surface area contributed by atoms with Gasteiger partial charge in [-0.3, -0.25) is 4.90 Å². The highest BCUT2D eigenvalue weighted by molar-refractivity contribution is 7.22. The van der Waals surface area contributed by atoms with E-state index in [9.17, 15) is 19.4 Å². The van der Waals surface area contributed by atoms with Gasteiger partial charge in [0.25, 0.3) is 0 Å². The molecule has 3 aromatic carbocycles. The molecule has 14 nitrogen and oxygen atoms in total. The number of carbonyl (C=O) groups is 1. The second kappa shape index (κ2) is 18.4. The summed E-state index contributed by atoms with van der Waals surface area (Å²) >= 11 is 16.0. The van der Waals surface area contributed by atoms with E-state index in [1.54, 1.807) is 42.6 Å². The maximum atomic E-state index is 14.4. The number of thiophene rings is 1. The topological polar surface area (TPSA) is 156 Å². The Labute approximate surface area is 394 Å². The molecule has 12 rings (SSSR count). The van der Waals surface area contributed by atoms with Crippen molar-refractivity contribution in [2.45, 2.75) is 51.6 Å². The van der Waals surface area contributed by atoms with E-state index < -0.39 is 24.0 Å². The van der Waals surface area contributed by atoms with Crippen LogP contribution in [0.25, 0.3) is 31.8 Å². The van der Waals surface area contributed by atoms with E-state index in [4.69, 9.17) is 47.1 Å². The number of aliphatic carboxylic acids is 1. The number of aliphatic hydroxyl groups excluding tert-OH is 1. The van der Waals surface area contributed by atoms with Gasteiger partial charge in [0.1, 0.15) is 47.8 Å². The van der Waals surface area contributed by atoms with Gasteiger partial charge in [-0.05, 0) is 86.0 Å². The fourth-order valence-corrected chi connectivity index (χ4v) is 11.2. The van der Waals surface area contributed by atoms with E-state index in [2.05, 4.69) is 36.7 Å². The Balaban J connectivity index is 1.07. The second-order valence-electron chi connectivity index (χ2n) is 17.6. The number of ether oxygens (including phenoxy) is 4. The number of carboxylic acids is 1. The van der Waals surface area contributed by atoms with Gasteiger partial charge in [0.15, 0.2) is 5.75 Å². The number of carboxylic acid groups (broad SMARTS) is 1. The standard InChI is InChI=1S/C48H48Cl2FN7O7S/c1-25-37-26(2)41(50)43(40(25)49)64-34(21-57-14-12-56(3)13-15-57)23-62-33-8-9-35(63-22-32-10-11-52-48(55-32)58-19-29-16-30(20-58)42(29)59)28(17-33)18-36(47(60)61)65-45-39-38(37)44(66-46(39)54-24-53-45)27-4-6-31(51)7-5-27/h4-11,17,24,29-30,34,36,42,59H,12-16,18-23H2,1-3H3,(H,60,61)/t29-,30+,34-,36-,42?/m1/s1. The molecule has 18 heteroatoms. The molecule has 3 saturated heterocycles. The maximum absolute atomic E-state index is 14.4. The third kappa shape index (κ3) is 8.70. The molecular weight excluding hydrogens is 909 g/mol. The van der Waals surface area contributed by atoms with Crippen molar-refractivity contribution < 1.29 is 38.3 Å². The van der Waals surface area contributed by atoms with Gasteiger partial charge in [0, 0.05) is 86.3 Å². The lowest BCUT2D eigenvalue weighted by atomic mass is 9.68. The first-order chi connectivity index (χ1) is 31.9. The SMILES string of the molecule is Cc1c(Cl)c2c(Cl)c(C)c1-c1c(-c3ccc(F)cc3)sc3ncnc(c13)O[C@@H](C(=O)O)Cc1cc(ccc1OCc1ccnc(N3C[C@H]4C[C@@H](C3)C4O)n1)OC[C@@H](CN1CCN(C)CC1)O2. The molecule has 8 heterocycles. The number of anilines is 1. The monoisotopic (exact) mass is 955 g/mol. The third-order valence-electron chi connectivity index (χ3n) is 13.2. The number of hydrogen-bond donors (Lipinski definition) is 2. The molecule has 4 fully saturated rings. The van der Waals surface area contributed by atoms with Gasteiger partial charge in [-0.25, -0.2) is 29.1 Å². The van der Waals surface area contributed by atoms with E-state index in [1.807, 2.05) is 13.8 Å². The molecule has 6 aliphatic rings. The number of piperidine rings is 2. The Morgan fingerprint density at radius 1 is 0.955 bits per heavy atom. The van der Waals surface area contributed by atoms with Gasteiger partial charge >= 0.3 is 5.97 Å². The first kappa shape index (κ1) is 44.5. The van der Waals surface area contributed by atoms with E-state index in [0.29, 0.717) is 107 Å². The number of nitrogens with zero attached hydrogens (tertiary/aromatic N) is 7. The van der Waals surface area contributed by atoms with Crippen LogP contribution in [0.4, 0.5) is 10.3 Å². The van der Waals surface area contributed by atoms with Gasteiger partial charge in [0.2, 0.25) is 17.9 Å². The lowest BCUT2D eigenvalue weighted by Crippen LogP contribution is -2.58. The molecule has 344 valence electrons. The Morgan fingerprint density at radius 2 is 1.70 bits per heavy atom. The number of piperazine rings is 1. The lowest BCUT2D eigenvalue weighted by Gasteiger charge is -2.51. The average Bonchev–Trinajstić information content (AvgIpc) is 3.71. The minimum Gasteiger partial charge on any atom is -0.490 e. The van der Waals surface area contributed by atoms with Crippen molar-refractivity contribution in [3.63, 3.8) is 0 Å². The molecular formula is C48H48Cl2FN7O7S. The largest absolute Gasteiger partial charge is 0.490 e. The molecule has 1 unspecified atom stereocenters. The average molecular weight is 957 g/mol. The molecule has 1 saturated carbocycles. The number of benzene rings is 3. The fraction of sp³-hybridized carbons (Fsp3) is 0.396. The Kier molecular flexibility index (Phi) is 12.4. The zero-order chi connectivity index (χ0) is 45.8. The van der Waals surface area contributed by atoms with Crippen LogP contribution in [-0.2, 0) is 17.8 Å². The highest BCUT2D eigenvalue weighted by atomic mass is 35.5. The summed E-state index contributed by atoms with van der Waals surface area (Å²) in [6.45, 7) is 9.31. The smallest absolute Gasteiger partial charge is 0.345 e. The van der Waals surface area contributed by atoms with Crippen molar-refractivity contribution in [2.75, 3.05) is 64.4 Å². The minimum absolute atomic E-state index is 0.0289. The number of likely N-dealkylation sites (N-methyl/N-ethyl adjacent to an activating group) is 1. The Hall–Kier alpha value is -5.36. The zero-order valence-corrected chi connectivity index (χ0v) is 38.9. The van der Waals surface area contributed by atoms with Crippen molar-refractivity contribution in [1.29, 1.82) is 0 Å². The molecule has 0 radical (unpaired) electrons. The summed E-state index contributed by atoms with van der Waals surface area (Å²) in [6.07, 6.45) is 1.63. The summed E-state index contributed by atoms with van der Waals surface area (Å²) in [4.78, 5) is 39.8. The molecule has 3 aromatic heterocycles. The Bertz CT molecular complexity index is 2770. The highest BCUT2D eigenvalue weighted by Crippen LogP contribution is 2.53. The van der Waals surface area contributed by atoms with Crippen LogP contribution < -0.4 is 23.8 Å². The van der Waals surface area contributed by atoms with E-state index >= 15 is 0 Å². The van der Waals surface area contributed by atoms with Crippen molar-refractivity contribution in [1.82, 2.24) is 29.7 Å². The second-order valence-corrected chi connectivity index (χ2v) is 19.4. The minimum atomic E-state index is -1.46. The van der Waals surface area contributed by atoms with Crippen LogP contribution >= 0.6 is 34.5 Å². The summed E-state index contributed by atoms with van der Waals surface area (Å²) in [7, 11) is 2.10. The number of aliphatic hydroxyl groups is 1. The number of fused-ring (bicyclic) bond motifs is 9. The summed E-state index contributed by atoms with van der Waals surface area (Å²) in [5.74, 6) is 0.591. The molecule has 1 aliphatic carbocycles. The van der Waals surface area contributed by atoms with Gasteiger partial charge in [-0.15, -0.1) is 11.3 Å². The van der Waals surface area contributed by atoms with E-state index in [-0.39, 0.29) is 43.5 Å². The van der Waals surface area contributed by atoms with Crippen LogP contribution in [0.2, 0.25) is 10.0 Å². The molecule has 6 bridgehead atoms. The molecule has 6 aromatic rings. The lowest BCUT2D eigenvalue weighted by molar-refractivity contribution is -0.145. The van der Waals surface area contributed by atoms with Crippen LogP contribution in [0.5, 0.6) is 23.1 Å². The summed E-state index contributed by atoms with van der Waals surface area (Å²) in [5, 5.41) is 22.3. The quantitative estimate of drug-likeness (QED) is 0.153. The molecule has 66 heavy (non-hydrogen) atoms. The summed E-state index contributed by atoms with van der Waals surface area (Å²) in [6, 6.07) is 13.2. The van der Waals surface area contributed by atoms with Gasteiger partial charge in [-0.2, -0.15) is 0 Å². The first-order valence-corrected chi connectivity index (χ1v) is 23.6. The van der Waals surface area contributed by atoms with Crippen molar-refractivity contribution in [2.24, 2.45) is 11.8 Å². The maximum Gasteiger partial charge on any atom is 0.345 e. The van der Waals surface area contributed by atoms with Crippen molar-refractivity contribution >= 4 is 56.7 Å². The predicted octanol–water partition coefficient (Wildman–Crippen LogP) is 7.74. The van der Waals surface area contributed by atoms with Crippen LogP contribution in [0.1, 0.15) is 28.8 Å². The number of aromatic nitrogens is 4. The number of halogens is 3. The number of rotatable bonds is 8. The fourth-order valence-electron chi connectivity index (χ4n) is 9.51. The number of hydrogen-bond acceptors (Lipinski definition) is 14. The summed E-state index contributed by atoms with van der Waals surface area (Å²) in [5.41, 5.74) is 4.41. The normalized spacial score (nSPS) is 22.2. The molecule has 2 N–H and O–H groups in total. The molecule has 0 amide bonds. The van der Waals surface area contributed by atoms with Crippen molar-refractivity contribution in [3.05, 3.63) is 99.3 Å². The first-order valence-electron chi connectivity index (χ1n) is 22.0. The van der Waals surface area contributed by atoms with Crippen LogP contribution in [0, 0.1) is 31.5 Å². The Morgan fingerprint density at radius 3 is 2.41 bits per heavy atom. The molecule has 0 spiro atoms. The molecule has 5 aliphatic heterocycles. The van der Waals surface area contributed by atoms with Crippen LogP contribution in [-0.4, -0.2) is 124 Å².